The zero-order chi connectivity index (χ0) is 15.2. The molecule has 2 rings (SSSR count). The monoisotopic (exact) mass is 307 g/mol. The molecule has 0 saturated carbocycles. The Morgan fingerprint density at radius 1 is 1.48 bits per heavy atom. The summed E-state index contributed by atoms with van der Waals surface area (Å²) in [5.41, 5.74) is 7.09. The number of nitrogens with zero attached hydrogens (tertiary/aromatic N) is 1. The summed E-state index contributed by atoms with van der Waals surface area (Å²) in [5.74, 6) is -0.0153. The second-order valence-corrected chi connectivity index (χ2v) is 5.54. The number of carbonyl (C=O) groups is 1. The Balaban J connectivity index is 1.90. The molecular formula is C15H21N3O2S. The molecule has 1 saturated heterocycles. The maximum atomic E-state index is 12.1. The number of carbonyl (C=O) groups excluding carboxylic acids is 1. The van der Waals surface area contributed by atoms with E-state index in [1.54, 1.807) is 0 Å². The van der Waals surface area contributed by atoms with Crippen LogP contribution in [0.1, 0.15) is 18.9 Å². The van der Waals surface area contributed by atoms with Crippen LogP contribution in [0.25, 0.3) is 0 Å². The first-order chi connectivity index (χ1) is 10.1. The molecule has 1 heterocycles. The Morgan fingerprint density at radius 3 is 2.81 bits per heavy atom. The highest BCUT2D eigenvalue weighted by molar-refractivity contribution is 7.80. The number of amides is 1. The van der Waals surface area contributed by atoms with Crippen molar-refractivity contribution in [2.75, 3.05) is 31.6 Å². The molecule has 6 heteroatoms. The van der Waals surface area contributed by atoms with Crippen LogP contribution in [0, 0.1) is 0 Å². The molecule has 21 heavy (non-hydrogen) atoms. The van der Waals surface area contributed by atoms with Crippen molar-refractivity contribution in [2.45, 2.75) is 19.4 Å². The first-order valence-electron chi connectivity index (χ1n) is 7.11. The van der Waals surface area contributed by atoms with E-state index in [9.17, 15) is 4.79 Å². The number of nitrogens with one attached hydrogen (secondary N) is 1. The number of morpholine rings is 1. The number of hydrogen-bond acceptors (Lipinski definition) is 4. The van der Waals surface area contributed by atoms with Gasteiger partial charge in [0.25, 0.3) is 0 Å². The van der Waals surface area contributed by atoms with Crippen molar-refractivity contribution in [2.24, 2.45) is 5.73 Å². The quantitative estimate of drug-likeness (QED) is 0.804. The van der Waals surface area contributed by atoms with Gasteiger partial charge in [-0.25, -0.2) is 0 Å². The molecule has 114 valence electrons. The van der Waals surface area contributed by atoms with Crippen molar-refractivity contribution in [1.82, 2.24) is 4.90 Å². The molecule has 1 unspecified atom stereocenters. The molecule has 0 aromatic heterocycles. The Morgan fingerprint density at radius 2 is 2.19 bits per heavy atom. The molecule has 5 nitrogen and oxygen atoms in total. The van der Waals surface area contributed by atoms with Gasteiger partial charge >= 0.3 is 0 Å². The number of benzene rings is 1. The van der Waals surface area contributed by atoms with Gasteiger partial charge in [-0.3, -0.25) is 9.69 Å². The van der Waals surface area contributed by atoms with Crippen molar-refractivity contribution in [3.05, 3.63) is 29.8 Å². The lowest BCUT2D eigenvalue weighted by molar-refractivity contribution is -0.119. The van der Waals surface area contributed by atoms with Crippen molar-refractivity contribution in [1.29, 1.82) is 0 Å². The molecule has 1 aromatic carbocycles. The van der Waals surface area contributed by atoms with Gasteiger partial charge in [-0.15, -0.1) is 0 Å². The molecule has 0 spiro atoms. The van der Waals surface area contributed by atoms with Gasteiger partial charge in [-0.05, 0) is 30.7 Å². The Hall–Kier alpha value is -1.50. The van der Waals surface area contributed by atoms with Crippen LogP contribution in [-0.4, -0.2) is 48.1 Å². The standard InChI is InChI=1S/C15H21N3O2S/c1-2-13-10-20-8-7-18(13)9-14(19)17-12-5-3-11(4-6-12)15(16)21/h3-6,13H,2,7-10H2,1H3,(H2,16,21)(H,17,19). The lowest BCUT2D eigenvalue weighted by atomic mass is 10.1. The van der Waals surface area contributed by atoms with E-state index >= 15 is 0 Å². The number of anilines is 1. The average Bonchev–Trinajstić information content (AvgIpc) is 2.48. The maximum absolute atomic E-state index is 12.1. The molecular weight excluding hydrogens is 286 g/mol. The van der Waals surface area contributed by atoms with Crippen molar-refractivity contribution in [3.63, 3.8) is 0 Å². The Bertz CT molecular complexity index is 504. The summed E-state index contributed by atoms with van der Waals surface area (Å²) in [4.78, 5) is 14.6. The number of thiocarbonyl (C=S) groups is 1. The minimum absolute atomic E-state index is 0.0153. The van der Waals surface area contributed by atoms with E-state index < -0.39 is 0 Å². The topological polar surface area (TPSA) is 67.6 Å². The van der Waals surface area contributed by atoms with E-state index in [1.165, 1.54) is 0 Å². The molecule has 1 fully saturated rings. The van der Waals surface area contributed by atoms with Gasteiger partial charge in [0.2, 0.25) is 5.91 Å². The SMILES string of the molecule is CCC1COCCN1CC(=O)Nc1ccc(C(N)=S)cc1. The van der Waals surface area contributed by atoms with Crippen LogP contribution < -0.4 is 11.1 Å². The third kappa shape index (κ3) is 4.49. The molecule has 1 atom stereocenters. The summed E-state index contributed by atoms with van der Waals surface area (Å²) >= 11 is 4.90. The average molecular weight is 307 g/mol. The van der Waals surface area contributed by atoms with Crippen LogP contribution in [-0.2, 0) is 9.53 Å². The molecule has 1 aliphatic rings. The molecule has 0 bridgehead atoms. The minimum atomic E-state index is -0.0153. The van der Waals surface area contributed by atoms with Gasteiger partial charge in [0.15, 0.2) is 0 Å². The summed E-state index contributed by atoms with van der Waals surface area (Å²) in [6.07, 6.45) is 0.982. The lowest BCUT2D eigenvalue weighted by Gasteiger charge is -2.34. The van der Waals surface area contributed by atoms with Crippen molar-refractivity contribution >= 4 is 28.8 Å². The van der Waals surface area contributed by atoms with E-state index in [0.717, 1.165) is 24.2 Å². The highest BCUT2D eigenvalue weighted by atomic mass is 32.1. The van der Waals surface area contributed by atoms with Gasteiger partial charge in [-0.1, -0.05) is 19.1 Å². The second kappa shape index (κ2) is 7.49. The molecule has 0 radical (unpaired) electrons. The van der Waals surface area contributed by atoms with Crippen LogP contribution in [0.5, 0.6) is 0 Å². The third-order valence-corrected chi connectivity index (χ3v) is 3.86. The van der Waals surface area contributed by atoms with E-state index in [1.807, 2.05) is 24.3 Å². The zero-order valence-electron chi connectivity index (χ0n) is 12.2. The van der Waals surface area contributed by atoms with Crippen LogP contribution in [0.3, 0.4) is 0 Å². The molecule has 3 N–H and O–H groups in total. The normalized spacial score (nSPS) is 19.2. The molecule has 1 amide bonds. The Labute approximate surface area is 130 Å². The summed E-state index contributed by atoms with van der Waals surface area (Å²) in [6, 6.07) is 7.55. The van der Waals surface area contributed by atoms with E-state index in [2.05, 4.69) is 17.1 Å². The maximum Gasteiger partial charge on any atom is 0.238 e. The number of ether oxygens (including phenoxy) is 1. The first-order valence-corrected chi connectivity index (χ1v) is 7.52. The predicted molar refractivity (Wildman–Crippen MR) is 87.4 cm³/mol. The van der Waals surface area contributed by atoms with Crippen molar-refractivity contribution < 1.29 is 9.53 Å². The third-order valence-electron chi connectivity index (χ3n) is 3.62. The van der Waals surface area contributed by atoms with Crippen LogP contribution >= 0.6 is 12.2 Å². The highest BCUT2D eigenvalue weighted by Gasteiger charge is 2.23. The molecule has 1 aromatic rings. The van der Waals surface area contributed by atoms with Gasteiger partial charge in [-0.2, -0.15) is 0 Å². The van der Waals surface area contributed by atoms with Gasteiger partial charge in [0.1, 0.15) is 4.99 Å². The zero-order valence-corrected chi connectivity index (χ0v) is 13.0. The fraction of sp³-hybridized carbons (Fsp3) is 0.467. The largest absolute Gasteiger partial charge is 0.389 e. The van der Waals surface area contributed by atoms with Crippen LogP contribution in [0.4, 0.5) is 5.69 Å². The van der Waals surface area contributed by atoms with E-state index in [-0.39, 0.29) is 5.91 Å². The van der Waals surface area contributed by atoms with E-state index in [4.69, 9.17) is 22.7 Å². The summed E-state index contributed by atoms with van der Waals surface area (Å²) < 4.78 is 5.44. The Kier molecular flexibility index (Phi) is 5.67. The van der Waals surface area contributed by atoms with Gasteiger partial charge in [0.05, 0.1) is 19.8 Å². The summed E-state index contributed by atoms with van der Waals surface area (Å²) in [5, 5.41) is 2.89. The second-order valence-electron chi connectivity index (χ2n) is 5.10. The number of nitrogens with two attached hydrogens (primary N) is 1. The van der Waals surface area contributed by atoms with Gasteiger partial charge in [0, 0.05) is 23.8 Å². The van der Waals surface area contributed by atoms with E-state index in [0.29, 0.717) is 30.8 Å². The minimum Gasteiger partial charge on any atom is -0.389 e. The highest BCUT2D eigenvalue weighted by Crippen LogP contribution is 2.12. The summed E-state index contributed by atoms with van der Waals surface area (Å²) in [7, 11) is 0. The molecule has 0 aliphatic carbocycles. The fourth-order valence-corrected chi connectivity index (χ4v) is 2.51. The first kappa shape index (κ1) is 15.9. The smallest absolute Gasteiger partial charge is 0.238 e. The van der Waals surface area contributed by atoms with Crippen molar-refractivity contribution in [3.8, 4) is 0 Å². The lowest BCUT2D eigenvalue weighted by Crippen LogP contribution is -2.48. The number of hydrogen-bond donors (Lipinski definition) is 2. The molecule has 1 aliphatic heterocycles. The van der Waals surface area contributed by atoms with Gasteiger partial charge < -0.3 is 15.8 Å². The summed E-state index contributed by atoms with van der Waals surface area (Å²) in [6.45, 7) is 4.68. The van der Waals surface area contributed by atoms with Crippen LogP contribution in [0.2, 0.25) is 0 Å². The van der Waals surface area contributed by atoms with Crippen LogP contribution in [0.15, 0.2) is 24.3 Å². The predicted octanol–water partition coefficient (Wildman–Crippen LogP) is 1.37. The number of rotatable bonds is 5. The fourth-order valence-electron chi connectivity index (χ4n) is 2.38.